The molecule has 156 valence electrons. The molecule has 1 aromatic carbocycles. The maximum absolute atomic E-state index is 13.1. The highest BCUT2D eigenvalue weighted by Crippen LogP contribution is 2.32. The number of carbonyl (C=O) groups excluding carboxylic acids is 1. The average Bonchev–Trinajstić information content (AvgIpc) is 3.36. The summed E-state index contributed by atoms with van der Waals surface area (Å²) in [6.45, 7) is 3.02. The van der Waals surface area contributed by atoms with E-state index in [1.807, 2.05) is 6.92 Å². The van der Waals surface area contributed by atoms with E-state index >= 15 is 0 Å². The molecule has 1 atom stereocenters. The summed E-state index contributed by atoms with van der Waals surface area (Å²) in [6, 6.07) is 4.86. The molecule has 0 radical (unpaired) electrons. The van der Waals surface area contributed by atoms with Gasteiger partial charge in [-0.05, 0) is 43.5 Å². The molecule has 29 heavy (non-hydrogen) atoms. The molecule has 0 aliphatic carbocycles. The van der Waals surface area contributed by atoms with Gasteiger partial charge < -0.3 is 9.47 Å². The van der Waals surface area contributed by atoms with Gasteiger partial charge in [-0.15, -0.1) is 11.3 Å². The summed E-state index contributed by atoms with van der Waals surface area (Å²) in [5.74, 6) is 0.464. The molecule has 1 N–H and O–H groups in total. The number of amides is 1. The van der Waals surface area contributed by atoms with Crippen molar-refractivity contribution in [3.8, 4) is 5.75 Å². The van der Waals surface area contributed by atoms with E-state index in [0.717, 1.165) is 22.6 Å². The second-order valence-electron chi connectivity index (χ2n) is 7.10. The number of rotatable bonds is 5. The summed E-state index contributed by atoms with van der Waals surface area (Å²) in [5.41, 5.74) is 1.61. The number of hydrogen-bond acceptors (Lipinski definition) is 7. The van der Waals surface area contributed by atoms with Gasteiger partial charge in [0.2, 0.25) is 10.0 Å². The van der Waals surface area contributed by atoms with Crippen LogP contribution < -0.4 is 10.1 Å². The van der Waals surface area contributed by atoms with Crippen molar-refractivity contribution in [2.45, 2.75) is 43.7 Å². The molecule has 2 aliphatic rings. The van der Waals surface area contributed by atoms with E-state index in [9.17, 15) is 13.2 Å². The average molecular weight is 438 g/mol. The molecule has 4 rings (SSSR count). The van der Waals surface area contributed by atoms with Crippen LogP contribution >= 0.6 is 11.3 Å². The van der Waals surface area contributed by atoms with Crippen LogP contribution in [0.25, 0.3) is 0 Å². The predicted molar refractivity (Wildman–Crippen MR) is 109 cm³/mol. The molecule has 1 saturated heterocycles. The Kier molecular flexibility index (Phi) is 5.60. The normalized spacial score (nSPS) is 19.7. The Morgan fingerprint density at radius 3 is 2.93 bits per heavy atom. The zero-order chi connectivity index (χ0) is 20.6. The third-order valence-electron chi connectivity index (χ3n) is 5.15. The molecular weight excluding hydrogens is 414 g/mol. The summed E-state index contributed by atoms with van der Waals surface area (Å²) in [4.78, 5) is 17.8. The molecule has 0 bridgehead atoms. The van der Waals surface area contributed by atoms with E-state index in [4.69, 9.17) is 9.47 Å². The highest BCUT2D eigenvalue weighted by Gasteiger charge is 2.31. The van der Waals surface area contributed by atoms with E-state index in [1.165, 1.54) is 15.6 Å². The first-order valence-corrected chi connectivity index (χ1v) is 11.7. The van der Waals surface area contributed by atoms with Gasteiger partial charge in [0.05, 0.1) is 24.2 Å². The topological polar surface area (TPSA) is 97.8 Å². The number of fused-ring (bicyclic) bond motifs is 1. The fourth-order valence-electron chi connectivity index (χ4n) is 3.56. The Hall–Kier alpha value is -2.01. The summed E-state index contributed by atoms with van der Waals surface area (Å²) in [6.07, 6.45) is 1.68. The van der Waals surface area contributed by atoms with Crippen LogP contribution in [0.2, 0.25) is 0 Å². The fraction of sp³-hybridized carbons (Fsp3) is 0.474. The van der Waals surface area contributed by atoms with Gasteiger partial charge in [-0.25, -0.2) is 13.4 Å². The van der Waals surface area contributed by atoms with Crippen molar-refractivity contribution in [2.24, 2.45) is 0 Å². The Balaban J connectivity index is 1.50. The summed E-state index contributed by atoms with van der Waals surface area (Å²) in [5, 5.41) is 3.30. The Labute approximate surface area is 173 Å². The molecule has 10 heteroatoms. The number of aromatic nitrogens is 1. The molecule has 1 aromatic heterocycles. The van der Waals surface area contributed by atoms with Crippen molar-refractivity contribution in [3.05, 3.63) is 34.3 Å². The van der Waals surface area contributed by atoms with Crippen LogP contribution in [0.3, 0.4) is 0 Å². The number of methoxy groups -OCH3 is 1. The molecule has 1 unspecified atom stereocenters. The molecular formula is C19H23N3O5S2. The Morgan fingerprint density at radius 1 is 1.41 bits per heavy atom. The monoisotopic (exact) mass is 437 g/mol. The summed E-state index contributed by atoms with van der Waals surface area (Å²) in [7, 11) is -2.07. The number of benzene rings is 1. The lowest BCUT2D eigenvalue weighted by atomic mass is 10.2. The molecule has 0 saturated carbocycles. The van der Waals surface area contributed by atoms with Gasteiger partial charge in [-0.1, -0.05) is 0 Å². The van der Waals surface area contributed by atoms with Crippen molar-refractivity contribution < 1.29 is 22.7 Å². The van der Waals surface area contributed by atoms with Gasteiger partial charge in [0.1, 0.15) is 11.9 Å². The van der Waals surface area contributed by atoms with Crippen LogP contribution in [-0.2, 0) is 32.5 Å². The minimum Gasteiger partial charge on any atom is -0.496 e. The molecule has 2 aliphatic heterocycles. The van der Waals surface area contributed by atoms with Gasteiger partial charge in [-0.3, -0.25) is 10.1 Å². The minimum absolute atomic E-state index is 0.188. The van der Waals surface area contributed by atoms with Crippen molar-refractivity contribution >= 4 is 32.4 Å². The third kappa shape index (κ3) is 4.02. The molecule has 8 nitrogen and oxygen atoms in total. The Bertz CT molecular complexity index is 1030. The third-order valence-corrected chi connectivity index (χ3v) is 7.99. The predicted octanol–water partition coefficient (Wildman–Crippen LogP) is 2.32. The van der Waals surface area contributed by atoms with Gasteiger partial charge in [-0.2, -0.15) is 4.31 Å². The van der Waals surface area contributed by atoms with Crippen LogP contribution in [0.15, 0.2) is 23.1 Å². The maximum atomic E-state index is 13.1. The first-order chi connectivity index (χ1) is 13.9. The Morgan fingerprint density at radius 2 is 2.24 bits per heavy atom. The standard InChI is InChI=1S/C19H23N3O5S2/c1-12-10-13(5-6-15(12)26-2)29(24,25)22-8-7-14-17(11-22)28-19(20-14)21-18(23)16-4-3-9-27-16/h5-6,10,16H,3-4,7-9,11H2,1-2H3,(H,20,21,23). The largest absolute Gasteiger partial charge is 0.496 e. The summed E-state index contributed by atoms with van der Waals surface area (Å²) < 4.78 is 38.3. The number of nitrogens with zero attached hydrogens (tertiary/aromatic N) is 2. The van der Waals surface area contributed by atoms with Crippen molar-refractivity contribution in [3.63, 3.8) is 0 Å². The van der Waals surface area contributed by atoms with Gasteiger partial charge >= 0.3 is 0 Å². The number of ether oxygens (including phenoxy) is 2. The first kappa shape index (κ1) is 20.3. The van der Waals surface area contributed by atoms with Crippen LogP contribution in [0.4, 0.5) is 5.13 Å². The maximum Gasteiger partial charge on any atom is 0.255 e. The quantitative estimate of drug-likeness (QED) is 0.771. The second kappa shape index (κ2) is 8.02. The van der Waals surface area contributed by atoms with Crippen LogP contribution in [-0.4, -0.2) is 50.0 Å². The smallest absolute Gasteiger partial charge is 0.255 e. The van der Waals surface area contributed by atoms with Gasteiger partial charge in [0.15, 0.2) is 5.13 Å². The van der Waals surface area contributed by atoms with Crippen molar-refractivity contribution in [1.29, 1.82) is 0 Å². The number of thiazole rings is 1. The molecule has 0 spiro atoms. The second-order valence-corrected chi connectivity index (χ2v) is 10.1. The van der Waals surface area contributed by atoms with E-state index in [2.05, 4.69) is 10.3 Å². The number of aryl methyl sites for hydroxylation is 1. The number of anilines is 1. The number of carbonyl (C=O) groups is 1. The SMILES string of the molecule is COc1ccc(S(=O)(=O)N2CCc3nc(NC(=O)C4CCCO4)sc3C2)cc1C. The van der Waals surface area contributed by atoms with Crippen molar-refractivity contribution in [1.82, 2.24) is 9.29 Å². The highest BCUT2D eigenvalue weighted by atomic mass is 32.2. The van der Waals surface area contributed by atoms with Gasteiger partial charge in [0.25, 0.3) is 5.91 Å². The molecule has 2 aromatic rings. The van der Waals surface area contributed by atoms with Crippen LogP contribution in [0, 0.1) is 6.92 Å². The number of nitrogens with one attached hydrogen (secondary N) is 1. The lowest BCUT2D eigenvalue weighted by Gasteiger charge is -2.25. The first-order valence-electron chi connectivity index (χ1n) is 9.44. The lowest BCUT2D eigenvalue weighted by Crippen LogP contribution is -2.35. The minimum atomic E-state index is -3.63. The zero-order valence-electron chi connectivity index (χ0n) is 16.3. The fourth-order valence-corrected chi connectivity index (χ4v) is 6.16. The lowest BCUT2D eigenvalue weighted by molar-refractivity contribution is -0.124. The molecule has 1 fully saturated rings. The van der Waals surface area contributed by atoms with Crippen LogP contribution in [0.5, 0.6) is 5.75 Å². The number of sulfonamides is 1. The van der Waals surface area contributed by atoms with E-state index < -0.39 is 16.1 Å². The van der Waals surface area contributed by atoms with Crippen molar-refractivity contribution in [2.75, 3.05) is 25.6 Å². The van der Waals surface area contributed by atoms with Gasteiger partial charge in [0, 0.05) is 24.4 Å². The molecule has 1 amide bonds. The van der Waals surface area contributed by atoms with E-state index in [0.29, 0.717) is 36.9 Å². The highest BCUT2D eigenvalue weighted by molar-refractivity contribution is 7.89. The number of hydrogen-bond donors (Lipinski definition) is 1. The summed E-state index contributed by atoms with van der Waals surface area (Å²) >= 11 is 1.32. The van der Waals surface area contributed by atoms with E-state index in [1.54, 1.807) is 25.3 Å². The molecule has 3 heterocycles. The van der Waals surface area contributed by atoms with E-state index in [-0.39, 0.29) is 17.3 Å². The zero-order valence-corrected chi connectivity index (χ0v) is 17.9. The van der Waals surface area contributed by atoms with Crippen LogP contribution in [0.1, 0.15) is 29.0 Å².